The number of fused-ring (bicyclic) bond motifs is 1. The Morgan fingerprint density at radius 2 is 1.87 bits per heavy atom. The molecule has 76 valence electrons. The highest BCUT2D eigenvalue weighted by Crippen LogP contribution is 2.15. The van der Waals surface area contributed by atoms with E-state index in [9.17, 15) is 0 Å². The first kappa shape index (κ1) is 9.52. The maximum atomic E-state index is 7.07. The van der Waals surface area contributed by atoms with Gasteiger partial charge in [0.15, 0.2) is 5.96 Å². The molecule has 0 fully saturated rings. The Balaban J connectivity index is 2.26. The third-order valence-electron chi connectivity index (χ3n) is 2.30. The standard InChI is InChI=1S/C12H13N3/c13-12(14)15-8-9-5-6-10-3-1-2-4-11(10)7-9/h1-7H,8H2,(H4,13,14,15). The fourth-order valence-electron chi connectivity index (χ4n) is 1.55. The molecule has 0 aliphatic rings. The van der Waals surface area contributed by atoms with Crippen LogP contribution >= 0.6 is 0 Å². The lowest BCUT2D eigenvalue weighted by Gasteiger charge is -2.05. The molecule has 3 nitrogen and oxygen atoms in total. The van der Waals surface area contributed by atoms with Gasteiger partial charge in [-0.05, 0) is 22.4 Å². The van der Waals surface area contributed by atoms with E-state index >= 15 is 0 Å². The minimum absolute atomic E-state index is 0.00292. The molecule has 0 atom stereocenters. The molecule has 0 saturated carbocycles. The van der Waals surface area contributed by atoms with Crippen LogP contribution in [0.4, 0.5) is 0 Å². The SMILES string of the molecule is N=C(N)NCc1ccc2ccccc2c1. The molecular formula is C12H13N3. The molecule has 0 bridgehead atoms. The first-order valence-electron chi connectivity index (χ1n) is 4.81. The average Bonchev–Trinajstić information content (AvgIpc) is 2.26. The highest BCUT2D eigenvalue weighted by atomic mass is 15.0. The summed E-state index contributed by atoms with van der Waals surface area (Å²) in [7, 11) is 0. The summed E-state index contributed by atoms with van der Waals surface area (Å²) in [6, 6.07) is 14.4. The van der Waals surface area contributed by atoms with Gasteiger partial charge in [-0.1, -0.05) is 36.4 Å². The van der Waals surface area contributed by atoms with Crippen molar-refractivity contribution in [3.63, 3.8) is 0 Å². The second-order valence-electron chi connectivity index (χ2n) is 3.45. The molecule has 15 heavy (non-hydrogen) atoms. The van der Waals surface area contributed by atoms with Gasteiger partial charge in [0, 0.05) is 6.54 Å². The van der Waals surface area contributed by atoms with Gasteiger partial charge >= 0.3 is 0 Å². The molecule has 2 aromatic rings. The van der Waals surface area contributed by atoms with E-state index < -0.39 is 0 Å². The summed E-state index contributed by atoms with van der Waals surface area (Å²) in [6.45, 7) is 0.597. The molecule has 3 heteroatoms. The second kappa shape index (κ2) is 4.00. The number of benzene rings is 2. The zero-order valence-electron chi connectivity index (χ0n) is 8.33. The van der Waals surface area contributed by atoms with Crippen LogP contribution in [0.15, 0.2) is 42.5 Å². The maximum absolute atomic E-state index is 7.07. The fourth-order valence-corrected chi connectivity index (χ4v) is 1.55. The molecule has 0 spiro atoms. The van der Waals surface area contributed by atoms with Crippen molar-refractivity contribution in [2.45, 2.75) is 6.54 Å². The minimum Gasteiger partial charge on any atom is -0.370 e. The van der Waals surface area contributed by atoms with Crippen LogP contribution < -0.4 is 11.1 Å². The first-order valence-corrected chi connectivity index (χ1v) is 4.81. The summed E-state index contributed by atoms with van der Waals surface area (Å²) in [5, 5.41) is 12.3. The average molecular weight is 199 g/mol. The van der Waals surface area contributed by atoms with Crippen LogP contribution in [-0.4, -0.2) is 5.96 Å². The molecule has 4 N–H and O–H groups in total. The molecule has 0 aliphatic heterocycles. The number of nitrogens with two attached hydrogens (primary N) is 1. The van der Waals surface area contributed by atoms with E-state index in [1.165, 1.54) is 10.8 Å². The molecule has 0 aromatic heterocycles. The van der Waals surface area contributed by atoms with Crippen LogP contribution in [0.3, 0.4) is 0 Å². The van der Waals surface area contributed by atoms with E-state index in [0.29, 0.717) is 6.54 Å². The Kier molecular flexibility index (Phi) is 2.54. The highest BCUT2D eigenvalue weighted by molar-refractivity contribution is 5.83. The van der Waals surface area contributed by atoms with Crippen molar-refractivity contribution in [2.75, 3.05) is 0 Å². The third kappa shape index (κ3) is 2.26. The van der Waals surface area contributed by atoms with Gasteiger partial charge in [-0.15, -0.1) is 0 Å². The molecule has 0 amide bonds. The summed E-state index contributed by atoms with van der Waals surface area (Å²) in [4.78, 5) is 0. The van der Waals surface area contributed by atoms with Crippen molar-refractivity contribution in [3.8, 4) is 0 Å². The molecule has 0 heterocycles. The van der Waals surface area contributed by atoms with Crippen molar-refractivity contribution >= 4 is 16.7 Å². The number of guanidine groups is 1. The fraction of sp³-hybridized carbons (Fsp3) is 0.0833. The molecule has 0 aliphatic carbocycles. The smallest absolute Gasteiger partial charge is 0.185 e. The summed E-state index contributed by atoms with van der Waals surface area (Å²) >= 11 is 0. The normalized spacial score (nSPS) is 10.1. The van der Waals surface area contributed by atoms with Gasteiger partial charge in [-0.3, -0.25) is 5.41 Å². The van der Waals surface area contributed by atoms with Crippen LogP contribution in [0, 0.1) is 5.41 Å². The monoisotopic (exact) mass is 199 g/mol. The van der Waals surface area contributed by atoms with Gasteiger partial charge in [-0.2, -0.15) is 0 Å². The van der Waals surface area contributed by atoms with E-state index in [2.05, 4.69) is 29.6 Å². The molecule has 2 rings (SSSR count). The topological polar surface area (TPSA) is 61.9 Å². The second-order valence-corrected chi connectivity index (χ2v) is 3.45. The van der Waals surface area contributed by atoms with Crippen molar-refractivity contribution in [2.24, 2.45) is 5.73 Å². The van der Waals surface area contributed by atoms with Gasteiger partial charge < -0.3 is 11.1 Å². The van der Waals surface area contributed by atoms with Gasteiger partial charge in [0.25, 0.3) is 0 Å². The van der Waals surface area contributed by atoms with Crippen molar-refractivity contribution in [3.05, 3.63) is 48.0 Å². The number of hydrogen-bond acceptors (Lipinski definition) is 1. The van der Waals surface area contributed by atoms with Gasteiger partial charge in [0.05, 0.1) is 0 Å². The largest absolute Gasteiger partial charge is 0.370 e. The Morgan fingerprint density at radius 1 is 1.13 bits per heavy atom. The van der Waals surface area contributed by atoms with E-state index in [4.69, 9.17) is 11.1 Å². The lowest BCUT2D eigenvalue weighted by atomic mass is 10.1. The van der Waals surface area contributed by atoms with E-state index in [0.717, 1.165) is 5.56 Å². The first-order chi connectivity index (χ1) is 7.25. The predicted molar refractivity (Wildman–Crippen MR) is 62.7 cm³/mol. The highest BCUT2D eigenvalue weighted by Gasteiger charge is 1.95. The van der Waals surface area contributed by atoms with Crippen LogP contribution in [0.1, 0.15) is 5.56 Å². The molecular weight excluding hydrogens is 186 g/mol. The van der Waals surface area contributed by atoms with Crippen LogP contribution in [-0.2, 0) is 6.54 Å². The predicted octanol–water partition coefficient (Wildman–Crippen LogP) is 1.82. The van der Waals surface area contributed by atoms with Gasteiger partial charge in [0.2, 0.25) is 0 Å². The summed E-state index contributed by atoms with van der Waals surface area (Å²) in [5.74, 6) is 0.00292. The lowest BCUT2D eigenvalue weighted by molar-refractivity contribution is 0.898. The van der Waals surface area contributed by atoms with Crippen LogP contribution in [0.5, 0.6) is 0 Å². The zero-order chi connectivity index (χ0) is 10.7. The van der Waals surface area contributed by atoms with Crippen molar-refractivity contribution < 1.29 is 0 Å². The van der Waals surface area contributed by atoms with Crippen molar-refractivity contribution in [1.29, 1.82) is 5.41 Å². The molecule has 2 aromatic carbocycles. The van der Waals surface area contributed by atoms with Gasteiger partial charge in [-0.25, -0.2) is 0 Å². The quantitative estimate of drug-likeness (QED) is 0.510. The molecule has 0 saturated heterocycles. The third-order valence-corrected chi connectivity index (χ3v) is 2.30. The Bertz CT molecular complexity index is 491. The maximum Gasteiger partial charge on any atom is 0.185 e. The number of hydrogen-bond donors (Lipinski definition) is 3. The van der Waals surface area contributed by atoms with Crippen molar-refractivity contribution in [1.82, 2.24) is 5.32 Å². The van der Waals surface area contributed by atoms with E-state index in [-0.39, 0.29) is 5.96 Å². The number of nitrogens with one attached hydrogen (secondary N) is 2. The summed E-state index contributed by atoms with van der Waals surface area (Å²) < 4.78 is 0. The Labute approximate surface area is 88.4 Å². The van der Waals surface area contributed by atoms with E-state index in [1.807, 2.05) is 18.2 Å². The Morgan fingerprint density at radius 3 is 2.60 bits per heavy atom. The lowest BCUT2D eigenvalue weighted by Crippen LogP contribution is -2.29. The van der Waals surface area contributed by atoms with Crippen LogP contribution in [0.2, 0.25) is 0 Å². The minimum atomic E-state index is 0.00292. The summed E-state index contributed by atoms with van der Waals surface area (Å²) in [5.41, 5.74) is 6.35. The number of rotatable bonds is 2. The van der Waals surface area contributed by atoms with Gasteiger partial charge in [0.1, 0.15) is 0 Å². The van der Waals surface area contributed by atoms with E-state index in [1.54, 1.807) is 0 Å². The zero-order valence-corrected chi connectivity index (χ0v) is 8.33. The Hall–Kier alpha value is -2.03. The van der Waals surface area contributed by atoms with Crippen LogP contribution in [0.25, 0.3) is 10.8 Å². The molecule has 0 radical (unpaired) electrons. The summed E-state index contributed by atoms with van der Waals surface area (Å²) in [6.07, 6.45) is 0. The molecule has 0 unspecified atom stereocenters.